The Bertz CT molecular complexity index is 953. The quantitative estimate of drug-likeness (QED) is 0.869. The number of nitrogens with one attached hydrogen (secondary N) is 1. The molecule has 9 nitrogen and oxygen atoms in total. The van der Waals surface area contributed by atoms with Crippen LogP contribution in [0.25, 0.3) is 11.1 Å². The van der Waals surface area contributed by atoms with Crippen LogP contribution in [0.3, 0.4) is 0 Å². The van der Waals surface area contributed by atoms with Crippen molar-refractivity contribution in [3.63, 3.8) is 0 Å². The highest BCUT2D eigenvalue weighted by atomic mass is 16.6. The van der Waals surface area contributed by atoms with Gasteiger partial charge in [0, 0.05) is 24.9 Å². The molecule has 4 rings (SSSR count). The second-order valence-corrected chi connectivity index (χ2v) is 6.20. The molecule has 1 N–H and O–H groups in total. The highest BCUT2D eigenvalue weighted by molar-refractivity contribution is 5.94. The first kappa shape index (κ1) is 16.8. The van der Waals surface area contributed by atoms with Crippen LogP contribution in [0.15, 0.2) is 30.6 Å². The number of carbonyl (C=O) groups is 2. The first-order valence-corrected chi connectivity index (χ1v) is 8.30. The van der Waals surface area contributed by atoms with Crippen molar-refractivity contribution in [2.24, 2.45) is 0 Å². The first-order valence-electron chi connectivity index (χ1n) is 8.30. The van der Waals surface area contributed by atoms with E-state index < -0.39 is 12.2 Å². The second-order valence-electron chi connectivity index (χ2n) is 6.20. The smallest absolute Gasteiger partial charge is 0.415 e. The maximum absolute atomic E-state index is 12.3. The SMILES string of the molecule is CC(=O)NC[C@@H]1OC(=O)N2c3ccc(-c4cnc(C#N)nc4)cc3OC[C@@H]12. The standard InChI is InChI=1S/C18H15N5O4/c1-10(24)20-8-16-14-9-26-15-4-11(12-6-21-17(5-19)22-7-12)2-3-13(15)23(14)18(25)27-16/h2-4,6-7,14,16H,8-9H2,1H3,(H,20,24)/t14-,16-/m0/s1. The van der Waals surface area contributed by atoms with E-state index >= 15 is 0 Å². The maximum atomic E-state index is 12.3. The van der Waals surface area contributed by atoms with Crippen molar-refractivity contribution < 1.29 is 19.1 Å². The number of nitrogens with zero attached hydrogens (tertiary/aromatic N) is 4. The van der Waals surface area contributed by atoms with Gasteiger partial charge in [0.1, 0.15) is 30.6 Å². The molecule has 0 unspecified atom stereocenters. The Kier molecular flexibility index (Phi) is 4.08. The van der Waals surface area contributed by atoms with Crippen LogP contribution in [-0.4, -0.2) is 47.3 Å². The number of anilines is 1. The van der Waals surface area contributed by atoms with E-state index in [4.69, 9.17) is 14.7 Å². The van der Waals surface area contributed by atoms with Crippen molar-refractivity contribution in [1.29, 1.82) is 5.26 Å². The number of hydrogen-bond donors (Lipinski definition) is 1. The summed E-state index contributed by atoms with van der Waals surface area (Å²) in [5, 5.41) is 11.5. The Morgan fingerprint density at radius 1 is 1.37 bits per heavy atom. The van der Waals surface area contributed by atoms with Gasteiger partial charge in [-0.2, -0.15) is 5.26 Å². The minimum absolute atomic E-state index is 0.0980. The Labute approximate surface area is 154 Å². The fourth-order valence-corrected chi connectivity index (χ4v) is 3.17. The summed E-state index contributed by atoms with van der Waals surface area (Å²) in [5.74, 6) is 0.460. The molecule has 2 aliphatic rings. The van der Waals surface area contributed by atoms with E-state index in [0.717, 1.165) is 11.1 Å². The minimum Gasteiger partial charge on any atom is -0.489 e. The summed E-state index contributed by atoms with van der Waals surface area (Å²) in [4.78, 5) is 33.0. The van der Waals surface area contributed by atoms with Gasteiger partial charge < -0.3 is 14.8 Å². The van der Waals surface area contributed by atoms with Crippen LogP contribution >= 0.6 is 0 Å². The van der Waals surface area contributed by atoms with Crippen LogP contribution in [0.2, 0.25) is 0 Å². The van der Waals surface area contributed by atoms with E-state index in [1.165, 1.54) is 6.92 Å². The minimum atomic E-state index is -0.471. The Hall–Kier alpha value is -3.67. The molecule has 0 bridgehead atoms. The van der Waals surface area contributed by atoms with Gasteiger partial charge in [0.25, 0.3) is 0 Å². The molecule has 0 radical (unpaired) electrons. The van der Waals surface area contributed by atoms with Crippen LogP contribution in [0.1, 0.15) is 12.7 Å². The van der Waals surface area contributed by atoms with E-state index in [0.29, 0.717) is 11.4 Å². The van der Waals surface area contributed by atoms with Crippen molar-refractivity contribution in [3.05, 3.63) is 36.4 Å². The fraction of sp³-hybridized carbons (Fsp3) is 0.278. The topological polar surface area (TPSA) is 117 Å². The molecule has 1 fully saturated rings. The van der Waals surface area contributed by atoms with Gasteiger partial charge in [-0.25, -0.2) is 14.8 Å². The van der Waals surface area contributed by atoms with E-state index in [1.54, 1.807) is 29.4 Å². The third-order valence-electron chi connectivity index (χ3n) is 4.48. The summed E-state index contributed by atoms with van der Waals surface area (Å²) in [6.45, 7) is 1.91. The molecule has 1 aromatic carbocycles. The van der Waals surface area contributed by atoms with E-state index in [1.807, 2.05) is 12.1 Å². The van der Waals surface area contributed by atoms with E-state index in [9.17, 15) is 9.59 Å². The Morgan fingerprint density at radius 2 is 2.15 bits per heavy atom. The van der Waals surface area contributed by atoms with Crippen LogP contribution in [-0.2, 0) is 9.53 Å². The number of carbonyl (C=O) groups excluding carboxylic acids is 2. The largest absolute Gasteiger partial charge is 0.489 e. The number of nitriles is 1. The summed E-state index contributed by atoms with van der Waals surface area (Å²) in [6.07, 6.45) is 2.19. The molecule has 136 valence electrons. The van der Waals surface area contributed by atoms with Crippen LogP contribution in [0.4, 0.5) is 10.5 Å². The maximum Gasteiger partial charge on any atom is 0.415 e. The van der Waals surface area contributed by atoms with Gasteiger partial charge >= 0.3 is 6.09 Å². The molecular formula is C18H15N5O4. The number of amides is 2. The van der Waals surface area contributed by atoms with Gasteiger partial charge in [-0.15, -0.1) is 0 Å². The lowest BCUT2D eigenvalue weighted by Crippen LogP contribution is -2.47. The van der Waals surface area contributed by atoms with Gasteiger partial charge in [0.2, 0.25) is 11.7 Å². The molecule has 0 aliphatic carbocycles. The summed E-state index contributed by atoms with van der Waals surface area (Å²) < 4.78 is 11.2. The summed E-state index contributed by atoms with van der Waals surface area (Å²) in [6, 6.07) is 6.97. The first-order chi connectivity index (χ1) is 13.1. The number of aromatic nitrogens is 2. The zero-order valence-electron chi connectivity index (χ0n) is 14.4. The summed E-state index contributed by atoms with van der Waals surface area (Å²) in [5.41, 5.74) is 2.15. The summed E-state index contributed by atoms with van der Waals surface area (Å²) in [7, 11) is 0. The highest BCUT2D eigenvalue weighted by Gasteiger charge is 2.46. The summed E-state index contributed by atoms with van der Waals surface area (Å²) >= 11 is 0. The van der Waals surface area contributed by atoms with Gasteiger partial charge in [0.05, 0.1) is 12.2 Å². The molecule has 2 aliphatic heterocycles. The molecule has 2 atom stereocenters. The van der Waals surface area contributed by atoms with Gasteiger partial charge in [-0.1, -0.05) is 6.07 Å². The second kappa shape index (κ2) is 6.57. The monoisotopic (exact) mass is 365 g/mol. The van der Waals surface area contributed by atoms with Crippen molar-refractivity contribution in [2.75, 3.05) is 18.1 Å². The molecule has 1 aromatic heterocycles. The predicted octanol–water partition coefficient (Wildman–Crippen LogP) is 1.24. The van der Waals surface area contributed by atoms with Crippen LogP contribution < -0.4 is 15.0 Å². The number of ether oxygens (including phenoxy) is 2. The van der Waals surface area contributed by atoms with Crippen molar-refractivity contribution >= 4 is 17.7 Å². The normalized spacial score (nSPS) is 20.0. The average Bonchev–Trinajstić information content (AvgIpc) is 3.02. The molecular weight excluding hydrogens is 350 g/mol. The molecule has 0 spiro atoms. The molecule has 3 heterocycles. The van der Waals surface area contributed by atoms with Gasteiger partial charge in [0.15, 0.2) is 0 Å². The van der Waals surface area contributed by atoms with Crippen molar-refractivity contribution in [2.45, 2.75) is 19.1 Å². The van der Waals surface area contributed by atoms with Crippen molar-refractivity contribution in [1.82, 2.24) is 15.3 Å². The zero-order valence-corrected chi connectivity index (χ0v) is 14.4. The zero-order chi connectivity index (χ0) is 19.0. The molecule has 1 saturated heterocycles. The van der Waals surface area contributed by atoms with E-state index in [2.05, 4.69) is 15.3 Å². The van der Waals surface area contributed by atoms with Crippen LogP contribution in [0, 0.1) is 11.3 Å². The number of hydrogen-bond acceptors (Lipinski definition) is 7. The fourth-order valence-electron chi connectivity index (χ4n) is 3.17. The lowest BCUT2D eigenvalue weighted by Gasteiger charge is -2.31. The van der Waals surface area contributed by atoms with Crippen LogP contribution in [0.5, 0.6) is 5.75 Å². The third-order valence-corrected chi connectivity index (χ3v) is 4.48. The molecule has 2 amide bonds. The number of fused-ring (bicyclic) bond motifs is 3. The molecule has 2 aromatic rings. The van der Waals surface area contributed by atoms with E-state index in [-0.39, 0.29) is 30.9 Å². The van der Waals surface area contributed by atoms with Crippen molar-refractivity contribution in [3.8, 4) is 22.9 Å². The molecule has 0 saturated carbocycles. The average molecular weight is 365 g/mol. The number of cyclic esters (lactones) is 1. The lowest BCUT2D eigenvalue weighted by molar-refractivity contribution is -0.119. The number of rotatable bonds is 3. The molecule has 27 heavy (non-hydrogen) atoms. The Balaban J connectivity index is 1.60. The predicted molar refractivity (Wildman–Crippen MR) is 92.9 cm³/mol. The van der Waals surface area contributed by atoms with Gasteiger partial charge in [-0.3, -0.25) is 9.69 Å². The lowest BCUT2D eigenvalue weighted by atomic mass is 10.0. The molecule has 9 heteroatoms. The highest BCUT2D eigenvalue weighted by Crippen LogP contribution is 2.40. The van der Waals surface area contributed by atoms with Gasteiger partial charge in [-0.05, 0) is 17.7 Å². The number of benzene rings is 1. The third kappa shape index (κ3) is 3.01. The Morgan fingerprint density at radius 3 is 2.85 bits per heavy atom.